The summed E-state index contributed by atoms with van der Waals surface area (Å²) in [4.78, 5) is 11.3. The zero-order valence-corrected chi connectivity index (χ0v) is 11.7. The van der Waals surface area contributed by atoms with E-state index in [2.05, 4.69) is 13.8 Å². The molecule has 0 radical (unpaired) electrons. The third-order valence-electron chi connectivity index (χ3n) is 2.71. The maximum absolute atomic E-state index is 11.3. The summed E-state index contributed by atoms with van der Waals surface area (Å²) in [6.07, 6.45) is 8.13. The lowest BCUT2D eigenvalue weighted by atomic mass is 10.1. The number of carbonyl (C=O) groups is 1. The smallest absolute Gasteiger partial charge is 0.332 e. The van der Waals surface area contributed by atoms with Gasteiger partial charge in [-0.15, -0.1) is 0 Å². The normalized spacial score (nSPS) is 12.4. The summed E-state index contributed by atoms with van der Waals surface area (Å²) in [5, 5.41) is 0. The van der Waals surface area contributed by atoms with Crippen LogP contribution in [0.15, 0.2) is 0 Å². The Hall–Kier alpha value is -0.570. The van der Waals surface area contributed by atoms with Crippen LogP contribution < -0.4 is 0 Å². The van der Waals surface area contributed by atoms with Gasteiger partial charge in [-0.25, -0.2) is 4.79 Å². The molecule has 0 fully saturated rings. The number of ether oxygens (including phenoxy) is 2. The maximum atomic E-state index is 11.3. The van der Waals surface area contributed by atoms with Gasteiger partial charge in [0.25, 0.3) is 0 Å². The van der Waals surface area contributed by atoms with Gasteiger partial charge in [0.1, 0.15) is 6.61 Å². The van der Waals surface area contributed by atoms with Crippen molar-refractivity contribution in [3.8, 4) is 0 Å². The summed E-state index contributed by atoms with van der Waals surface area (Å²) in [6.45, 7) is 6.91. The van der Waals surface area contributed by atoms with E-state index in [1.54, 1.807) is 0 Å². The van der Waals surface area contributed by atoms with Crippen LogP contribution in [0.5, 0.6) is 0 Å². The van der Waals surface area contributed by atoms with Crippen LogP contribution in [0.25, 0.3) is 0 Å². The summed E-state index contributed by atoms with van der Waals surface area (Å²) in [7, 11) is 0. The van der Waals surface area contributed by atoms with Gasteiger partial charge in [-0.1, -0.05) is 46.0 Å². The third-order valence-corrected chi connectivity index (χ3v) is 2.71. The van der Waals surface area contributed by atoms with E-state index in [-0.39, 0.29) is 18.7 Å². The number of unbranched alkanes of at least 4 members (excludes halogenated alkanes) is 4. The van der Waals surface area contributed by atoms with Crippen molar-refractivity contribution in [1.82, 2.24) is 0 Å². The molecule has 0 aliphatic rings. The van der Waals surface area contributed by atoms with E-state index in [0.717, 1.165) is 19.3 Å². The SMILES string of the molecule is CCCCCCC(C)OCC(=O)OCCCC. The van der Waals surface area contributed by atoms with Crippen molar-refractivity contribution in [2.24, 2.45) is 0 Å². The highest BCUT2D eigenvalue weighted by Gasteiger charge is 2.07. The van der Waals surface area contributed by atoms with E-state index in [1.165, 1.54) is 25.7 Å². The standard InChI is InChI=1S/C14H28O3/c1-4-6-8-9-10-13(3)17-12-14(15)16-11-7-5-2/h13H,4-12H2,1-3H3. The predicted octanol–water partition coefficient (Wildman–Crippen LogP) is 3.71. The van der Waals surface area contributed by atoms with Gasteiger partial charge < -0.3 is 9.47 Å². The topological polar surface area (TPSA) is 35.5 Å². The van der Waals surface area contributed by atoms with Crippen LogP contribution in [0.2, 0.25) is 0 Å². The molecule has 3 heteroatoms. The maximum Gasteiger partial charge on any atom is 0.332 e. The van der Waals surface area contributed by atoms with E-state index >= 15 is 0 Å². The van der Waals surface area contributed by atoms with Gasteiger partial charge in [-0.3, -0.25) is 0 Å². The zero-order chi connectivity index (χ0) is 12.9. The van der Waals surface area contributed by atoms with Crippen molar-refractivity contribution in [3.05, 3.63) is 0 Å². The average molecular weight is 244 g/mol. The molecule has 0 aromatic carbocycles. The van der Waals surface area contributed by atoms with E-state index in [0.29, 0.717) is 6.61 Å². The molecule has 0 spiro atoms. The molecule has 0 amide bonds. The molecule has 17 heavy (non-hydrogen) atoms. The van der Waals surface area contributed by atoms with Gasteiger partial charge in [0.2, 0.25) is 0 Å². The Bertz CT molecular complexity index is 180. The second-order valence-electron chi connectivity index (χ2n) is 4.54. The monoisotopic (exact) mass is 244 g/mol. The van der Waals surface area contributed by atoms with Crippen LogP contribution in [0.1, 0.15) is 65.7 Å². The van der Waals surface area contributed by atoms with Crippen molar-refractivity contribution in [1.29, 1.82) is 0 Å². The van der Waals surface area contributed by atoms with Gasteiger partial charge in [0.15, 0.2) is 0 Å². The largest absolute Gasteiger partial charge is 0.464 e. The highest BCUT2D eigenvalue weighted by atomic mass is 16.6. The molecule has 1 unspecified atom stereocenters. The van der Waals surface area contributed by atoms with Gasteiger partial charge in [0, 0.05) is 0 Å². The fourth-order valence-corrected chi connectivity index (χ4v) is 1.52. The highest BCUT2D eigenvalue weighted by molar-refractivity contribution is 5.70. The molecule has 0 bridgehead atoms. The van der Waals surface area contributed by atoms with E-state index in [1.807, 2.05) is 6.92 Å². The second kappa shape index (κ2) is 11.9. The third kappa shape index (κ3) is 11.7. The van der Waals surface area contributed by atoms with E-state index < -0.39 is 0 Å². The van der Waals surface area contributed by atoms with Crippen molar-refractivity contribution < 1.29 is 14.3 Å². The van der Waals surface area contributed by atoms with Crippen LogP contribution in [0.4, 0.5) is 0 Å². The zero-order valence-electron chi connectivity index (χ0n) is 11.7. The van der Waals surface area contributed by atoms with Crippen molar-refractivity contribution >= 4 is 5.97 Å². The minimum Gasteiger partial charge on any atom is -0.464 e. The average Bonchev–Trinajstić information content (AvgIpc) is 2.32. The first-order valence-electron chi connectivity index (χ1n) is 6.97. The molecule has 0 rings (SSSR count). The van der Waals surface area contributed by atoms with Crippen LogP contribution in [0.3, 0.4) is 0 Å². The molecule has 1 atom stereocenters. The molecular formula is C14H28O3. The quantitative estimate of drug-likeness (QED) is 0.410. The number of hydrogen-bond donors (Lipinski definition) is 0. The molecule has 3 nitrogen and oxygen atoms in total. The number of carbonyl (C=O) groups excluding carboxylic acids is 1. The van der Waals surface area contributed by atoms with Gasteiger partial charge >= 0.3 is 5.97 Å². The lowest BCUT2D eigenvalue weighted by Crippen LogP contribution is -2.18. The molecule has 0 saturated carbocycles. The summed E-state index contributed by atoms with van der Waals surface area (Å²) in [5.41, 5.74) is 0. The van der Waals surface area contributed by atoms with Crippen LogP contribution in [-0.2, 0) is 14.3 Å². The van der Waals surface area contributed by atoms with E-state index in [9.17, 15) is 4.79 Å². The number of rotatable bonds is 11. The van der Waals surface area contributed by atoms with Gasteiger partial charge in [0.05, 0.1) is 12.7 Å². The Labute approximate surface area is 106 Å². The summed E-state index contributed by atoms with van der Waals surface area (Å²) in [6, 6.07) is 0. The first-order chi connectivity index (χ1) is 8.20. The number of esters is 1. The summed E-state index contributed by atoms with van der Waals surface area (Å²) < 4.78 is 10.5. The molecule has 0 aliphatic heterocycles. The molecule has 0 N–H and O–H groups in total. The van der Waals surface area contributed by atoms with Gasteiger partial charge in [-0.05, 0) is 19.8 Å². The first-order valence-corrected chi connectivity index (χ1v) is 6.97. The summed E-state index contributed by atoms with van der Waals surface area (Å²) >= 11 is 0. The summed E-state index contributed by atoms with van der Waals surface area (Å²) in [5.74, 6) is -0.237. The number of hydrogen-bond acceptors (Lipinski definition) is 3. The fraction of sp³-hybridized carbons (Fsp3) is 0.929. The Balaban J connectivity index is 3.35. The van der Waals surface area contributed by atoms with E-state index in [4.69, 9.17) is 9.47 Å². The van der Waals surface area contributed by atoms with Crippen LogP contribution in [-0.4, -0.2) is 25.3 Å². The Morgan fingerprint density at radius 1 is 1.06 bits per heavy atom. The lowest BCUT2D eigenvalue weighted by molar-refractivity contribution is -0.151. The Morgan fingerprint density at radius 3 is 2.41 bits per heavy atom. The highest BCUT2D eigenvalue weighted by Crippen LogP contribution is 2.07. The minimum absolute atomic E-state index is 0.0959. The molecule has 0 aromatic rings. The molecular weight excluding hydrogens is 216 g/mol. The fourth-order valence-electron chi connectivity index (χ4n) is 1.52. The molecule has 0 saturated heterocycles. The van der Waals surface area contributed by atoms with Crippen LogP contribution in [0, 0.1) is 0 Å². The second-order valence-corrected chi connectivity index (χ2v) is 4.54. The van der Waals surface area contributed by atoms with Crippen molar-refractivity contribution in [2.45, 2.75) is 71.8 Å². The molecule has 0 aliphatic carbocycles. The predicted molar refractivity (Wildman–Crippen MR) is 70.0 cm³/mol. The minimum atomic E-state index is -0.237. The molecule has 0 aromatic heterocycles. The van der Waals surface area contributed by atoms with Crippen molar-refractivity contribution in [3.63, 3.8) is 0 Å². The molecule has 0 heterocycles. The Morgan fingerprint density at radius 2 is 1.76 bits per heavy atom. The van der Waals surface area contributed by atoms with Crippen molar-refractivity contribution in [2.75, 3.05) is 13.2 Å². The molecule has 102 valence electrons. The first kappa shape index (κ1) is 16.4. The lowest BCUT2D eigenvalue weighted by Gasteiger charge is -2.12. The van der Waals surface area contributed by atoms with Crippen LogP contribution >= 0.6 is 0 Å². The Kier molecular flexibility index (Phi) is 11.5. The van der Waals surface area contributed by atoms with Gasteiger partial charge in [-0.2, -0.15) is 0 Å².